The van der Waals surface area contributed by atoms with Gasteiger partial charge in [-0.2, -0.15) is 13.2 Å². The summed E-state index contributed by atoms with van der Waals surface area (Å²) in [5, 5.41) is 2.35. The Morgan fingerprint density at radius 1 is 1.19 bits per heavy atom. The highest BCUT2D eigenvalue weighted by Gasteiger charge is 2.48. The SMILES string of the molecule is CC(C)(C)OC(=O)NC1(c2ccc(F)cc2C(F)(F)F)CCCCC1=O. The molecule has 0 radical (unpaired) electrons. The fourth-order valence-electron chi connectivity index (χ4n) is 3.11. The summed E-state index contributed by atoms with van der Waals surface area (Å²) in [6.07, 6.45) is -4.91. The standard InChI is InChI=1S/C18H21F4NO3/c1-16(2,3)26-15(25)23-17(9-5-4-6-14(17)24)12-8-7-11(19)10-13(12)18(20,21)22/h7-8,10H,4-6,9H2,1-3H3,(H,23,25). The zero-order valence-electron chi connectivity index (χ0n) is 14.8. The highest BCUT2D eigenvalue weighted by atomic mass is 19.4. The maximum Gasteiger partial charge on any atom is 0.416 e. The van der Waals surface area contributed by atoms with Crippen LogP contribution in [0.2, 0.25) is 0 Å². The maximum absolute atomic E-state index is 13.5. The molecular formula is C18H21F4NO3. The van der Waals surface area contributed by atoms with Gasteiger partial charge in [-0.25, -0.2) is 9.18 Å². The van der Waals surface area contributed by atoms with Crippen molar-refractivity contribution in [2.24, 2.45) is 0 Å². The average molecular weight is 375 g/mol. The Bertz CT molecular complexity index is 709. The summed E-state index contributed by atoms with van der Waals surface area (Å²) in [5.41, 5.74) is -4.51. The van der Waals surface area contributed by atoms with Crippen LogP contribution < -0.4 is 5.32 Å². The number of hydrogen-bond donors (Lipinski definition) is 1. The lowest BCUT2D eigenvalue weighted by molar-refractivity contribution is -0.140. The second-order valence-corrected chi connectivity index (χ2v) is 7.35. The van der Waals surface area contributed by atoms with Crippen LogP contribution >= 0.6 is 0 Å². The molecule has 1 aliphatic rings. The van der Waals surface area contributed by atoms with E-state index in [0.717, 1.165) is 12.1 Å². The van der Waals surface area contributed by atoms with E-state index in [0.29, 0.717) is 18.9 Å². The van der Waals surface area contributed by atoms with E-state index in [1.165, 1.54) is 0 Å². The molecule has 1 N–H and O–H groups in total. The number of ether oxygens (including phenoxy) is 1. The van der Waals surface area contributed by atoms with Crippen molar-refractivity contribution in [1.82, 2.24) is 5.32 Å². The fraction of sp³-hybridized carbons (Fsp3) is 0.556. The van der Waals surface area contributed by atoms with Crippen molar-refractivity contribution in [3.8, 4) is 0 Å². The smallest absolute Gasteiger partial charge is 0.416 e. The first-order chi connectivity index (χ1) is 11.8. The van der Waals surface area contributed by atoms with Crippen molar-refractivity contribution in [3.05, 3.63) is 35.1 Å². The monoisotopic (exact) mass is 375 g/mol. The Hall–Kier alpha value is -2.12. The molecule has 2 rings (SSSR count). The van der Waals surface area contributed by atoms with E-state index in [1.54, 1.807) is 20.8 Å². The first-order valence-corrected chi connectivity index (χ1v) is 8.27. The summed E-state index contributed by atoms with van der Waals surface area (Å²) in [6, 6.07) is 2.11. The van der Waals surface area contributed by atoms with Crippen LogP contribution in [0.4, 0.5) is 22.4 Å². The molecule has 4 nitrogen and oxygen atoms in total. The first-order valence-electron chi connectivity index (χ1n) is 8.27. The number of benzene rings is 1. The van der Waals surface area contributed by atoms with Crippen molar-refractivity contribution in [2.45, 2.75) is 63.8 Å². The number of alkyl carbamates (subject to hydrolysis) is 1. The van der Waals surface area contributed by atoms with Crippen molar-refractivity contribution in [3.63, 3.8) is 0 Å². The van der Waals surface area contributed by atoms with E-state index < -0.39 is 46.1 Å². The fourth-order valence-corrected chi connectivity index (χ4v) is 3.11. The molecule has 1 amide bonds. The number of Topliss-reactive ketones (excluding diaryl/α,β-unsaturated/α-hetero) is 1. The number of nitrogens with one attached hydrogen (secondary N) is 1. The second-order valence-electron chi connectivity index (χ2n) is 7.35. The Kier molecular flexibility index (Phi) is 5.35. The summed E-state index contributed by atoms with van der Waals surface area (Å²) in [5.74, 6) is -1.62. The number of hydrogen-bond acceptors (Lipinski definition) is 3. The second kappa shape index (κ2) is 6.89. The zero-order valence-corrected chi connectivity index (χ0v) is 14.8. The summed E-state index contributed by atoms with van der Waals surface area (Å²) in [7, 11) is 0. The van der Waals surface area contributed by atoms with Gasteiger partial charge in [0.05, 0.1) is 5.56 Å². The van der Waals surface area contributed by atoms with Crippen LogP contribution in [0.15, 0.2) is 18.2 Å². The van der Waals surface area contributed by atoms with Crippen LogP contribution in [-0.2, 0) is 21.2 Å². The summed E-state index contributed by atoms with van der Waals surface area (Å²) in [4.78, 5) is 24.9. The minimum Gasteiger partial charge on any atom is -0.444 e. The highest BCUT2D eigenvalue weighted by Crippen LogP contribution is 2.42. The highest BCUT2D eigenvalue weighted by molar-refractivity contribution is 5.93. The normalized spacial score (nSPS) is 21.4. The lowest BCUT2D eigenvalue weighted by Crippen LogP contribution is -2.55. The number of ketones is 1. The molecule has 1 saturated carbocycles. The van der Waals surface area contributed by atoms with E-state index in [2.05, 4.69) is 5.32 Å². The van der Waals surface area contributed by atoms with Gasteiger partial charge >= 0.3 is 12.3 Å². The molecular weight excluding hydrogens is 354 g/mol. The van der Waals surface area contributed by atoms with Crippen LogP contribution in [0.1, 0.15) is 57.6 Å². The van der Waals surface area contributed by atoms with Gasteiger partial charge in [0.15, 0.2) is 5.78 Å². The van der Waals surface area contributed by atoms with E-state index >= 15 is 0 Å². The first kappa shape index (κ1) is 20.2. The van der Waals surface area contributed by atoms with Gasteiger partial charge in [-0.05, 0) is 57.7 Å². The zero-order chi connectivity index (χ0) is 19.8. The molecule has 0 heterocycles. The third kappa shape index (κ3) is 4.34. The molecule has 1 unspecified atom stereocenters. The average Bonchev–Trinajstić information content (AvgIpc) is 2.47. The quantitative estimate of drug-likeness (QED) is 0.762. The molecule has 1 aromatic rings. The topological polar surface area (TPSA) is 55.4 Å². The van der Waals surface area contributed by atoms with Crippen LogP contribution in [0.25, 0.3) is 0 Å². The predicted octanol–water partition coefficient (Wildman–Crippen LogP) is 4.71. The molecule has 0 aromatic heterocycles. The molecule has 0 spiro atoms. The Morgan fingerprint density at radius 3 is 2.38 bits per heavy atom. The Balaban J connectivity index is 2.56. The van der Waals surface area contributed by atoms with Gasteiger partial charge in [-0.3, -0.25) is 4.79 Å². The third-order valence-electron chi connectivity index (χ3n) is 4.14. The predicted molar refractivity (Wildman–Crippen MR) is 85.9 cm³/mol. The number of rotatable bonds is 2. The van der Waals surface area contributed by atoms with Gasteiger partial charge in [0.25, 0.3) is 0 Å². The van der Waals surface area contributed by atoms with Crippen LogP contribution in [-0.4, -0.2) is 17.5 Å². The summed E-state index contributed by atoms with van der Waals surface area (Å²) >= 11 is 0. The molecule has 8 heteroatoms. The van der Waals surface area contributed by atoms with E-state index in [4.69, 9.17) is 4.74 Å². The number of halogens is 4. The number of carbonyl (C=O) groups is 2. The van der Waals surface area contributed by atoms with Gasteiger partial charge in [0.1, 0.15) is 17.0 Å². The third-order valence-corrected chi connectivity index (χ3v) is 4.14. The van der Waals surface area contributed by atoms with Crippen LogP contribution in [0, 0.1) is 5.82 Å². The maximum atomic E-state index is 13.5. The molecule has 0 saturated heterocycles. The summed E-state index contributed by atoms with van der Waals surface area (Å²) < 4.78 is 59.0. The summed E-state index contributed by atoms with van der Waals surface area (Å²) in [6.45, 7) is 4.79. The largest absolute Gasteiger partial charge is 0.444 e. The van der Waals surface area contributed by atoms with Gasteiger partial charge < -0.3 is 10.1 Å². The van der Waals surface area contributed by atoms with Gasteiger partial charge in [-0.1, -0.05) is 6.07 Å². The minimum atomic E-state index is -4.88. The molecule has 0 aliphatic heterocycles. The number of amides is 1. The van der Waals surface area contributed by atoms with E-state index in [-0.39, 0.29) is 12.8 Å². The molecule has 1 aliphatic carbocycles. The molecule has 1 aromatic carbocycles. The molecule has 1 atom stereocenters. The van der Waals surface area contributed by atoms with Crippen molar-refractivity contribution in [2.75, 3.05) is 0 Å². The molecule has 26 heavy (non-hydrogen) atoms. The number of carbonyl (C=O) groups excluding carboxylic acids is 2. The van der Waals surface area contributed by atoms with Crippen molar-refractivity contribution in [1.29, 1.82) is 0 Å². The van der Waals surface area contributed by atoms with Crippen molar-refractivity contribution >= 4 is 11.9 Å². The Morgan fingerprint density at radius 2 is 1.85 bits per heavy atom. The number of alkyl halides is 3. The Labute approximate surface area is 148 Å². The minimum absolute atomic E-state index is 0.0141. The van der Waals surface area contributed by atoms with Crippen LogP contribution in [0.3, 0.4) is 0 Å². The van der Waals surface area contributed by atoms with Crippen molar-refractivity contribution < 1.29 is 31.9 Å². The lowest BCUT2D eigenvalue weighted by atomic mass is 9.74. The van der Waals surface area contributed by atoms with Gasteiger partial charge in [0.2, 0.25) is 0 Å². The molecule has 0 bridgehead atoms. The molecule has 1 fully saturated rings. The van der Waals surface area contributed by atoms with Gasteiger partial charge in [0, 0.05) is 6.42 Å². The van der Waals surface area contributed by atoms with E-state index in [9.17, 15) is 27.2 Å². The van der Waals surface area contributed by atoms with E-state index in [1.807, 2.05) is 0 Å². The van der Waals surface area contributed by atoms with Crippen LogP contribution in [0.5, 0.6) is 0 Å². The lowest BCUT2D eigenvalue weighted by Gasteiger charge is -2.38. The van der Waals surface area contributed by atoms with Gasteiger partial charge in [-0.15, -0.1) is 0 Å². The molecule has 144 valence electrons.